The Balaban J connectivity index is 2.57. The molecule has 1 saturated carbocycles. The van der Waals surface area contributed by atoms with E-state index in [-0.39, 0.29) is 11.6 Å². The summed E-state index contributed by atoms with van der Waals surface area (Å²) in [6.45, 7) is 7.06. The van der Waals surface area contributed by atoms with Gasteiger partial charge in [0.25, 0.3) is 0 Å². The molecule has 0 bridgehead atoms. The van der Waals surface area contributed by atoms with Gasteiger partial charge >= 0.3 is 6.09 Å². The molecule has 0 aliphatic heterocycles. The molecule has 0 aromatic carbocycles. The van der Waals surface area contributed by atoms with E-state index in [0.29, 0.717) is 0 Å². The molecule has 1 amide bonds. The third kappa shape index (κ3) is 4.16. The van der Waals surface area contributed by atoms with Crippen LogP contribution in [0.2, 0.25) is 0 Å². The summed E-state index contributed by atoms with van der Waals surface area (Å²) in [6.07, 6.45) is 3.51. The van der Waals surface area contributed by atoms with Crippen LogP contribution in [-0.4, -0.2) is 53.2 Å². The molecule has 106 valence electrons. The number of carbonyl (C=O) groups is 1. The van der Waals surface area contributed by atoms with Crippen molar-refractivity contribution in [3.63, 3.8) is 0 Å². The van der Waals surface area contributed by atoms with Gasteiger partial charge in [0.05, 0.1) is 0 Å². The number of rotatable bonds is 3. The van der Waals surface area contributed by atoms with Gasteiger partial charge in [-0.3, -0.25) is 0 Å². The Morgan fingerprint density at radius 3 is 2.00 bits per heavy atom. The molecule has 4 nitrogen and oxygen atoms in total. The van der Waals surface area contributed by atoms with Crippen LogP contribution in [0.25, 0.3) is 0 Å². The van der Waals surface area contributed by atoms with E-state index in [9.17, 15) is 9.90 Å². The van der Waals surface area contributed by atoms with Crippen LogP contribution in [0.5, 0.6) is 0 Å². The first-order valence-electron chi connectivity index (χ1n) is 6.89. The van der Waals surface area contributed by atoms with E-state index in [1.165, 1.54) is 0 Å². The minimum absolute atomic E-state index is 0.195. The highest BCUT2D eigenvalue weighted by Crippen LogP contribution is 2.31. The summed E-state index contributed by atoms with van der Waals surface area (Å²) < 4.78 is 0. The van der Waals surface area contributed by atoms with Crippen LogP contribution < -0.4 is 0 Å². The van der Waals surface area contributed by atoms with E-state index in [4.69, 9.17) is 0 Å². The normalized spacial score (nSPS) is 25.2. The standard InChI is InChI=1S/C14H28N2O2/c1-14(2,3)16(13(17)18)12-8-6-11(7-9-12)10-15(4)5/h11-12H,6-10H2,1-5H3,(H,17,18)/t11-,12-. The Hall–Kier alpha value is -0.770. The second-order valence-corrected chi connectivity index (χ2v) is 6.76. The highest BCUT2D eigenvalue weighted by atomic mass is 16.4. The Bertz CT molecular complexity index is 276. The first-order chi connectivity index (χ1) is 8.21. The second-order valence-electron chi connectivity index (χ2n) is 6.76. The summed E-state index contributed by atoms with van der Waals surface area (Å²) in [5.74, 6) is 0.729. The van der Waals surface area contributed by atoms with E-state index >= 15 is 0 Å². The van der Waals surface area contributed by atoms with Gasteiger partial charge in [0, 0.05) is 18.1 Å². The van der Waals surface area contributed by atoms with Crippen LogP contribution in [0, 0.1) is 5.92 Å². The molecular weight excluding hydrogens is 228 g/mol. The Labute approximate surface area is 111 Å². The molecule has 0 radical (unpaired) electrons. The highest BCUT2D eigenvalue weighted by molar-refractivity contribution is 5.66. The van der Waals surface area contributed by atoms with Gasteiger partial charge in [0.2, 0.25) is 0 Å². The average molecular weight is 256 g/mol. The van der Waals surface area contributed by atoms with Crippen LogP contribution in [0.3, 0.4) is 0 Å². The lowest BCUT2D eigenvalue weighted by atomic mass is 9.83. The Morgan fingerprint density at radius 2 is 1.67 bits per heavy atom. The maximum absolute atomic E-state index is 11.4. The zero-order chi connectivity index (χ0) is 13.9. The molecule has 4 heteroatoms. The fourth-order valence-corrected chi connectivity index (χ4v) is 3.09. The third-order valence-corrected chi connectivity index (χ3v) is 3.73. The monoisotopic (exact) mass is 256 g/mol. The van der Waals surface area contributed by atoms with Crippen LogP contribution in [0.4, 0.5) is 4.79 Å². The van der Waals surface area contributed by atoms with Crippen molar-refractivity contribution in [1.82, 2.24) is 9.80 Å². The molecular formula is C14H28N2O2. The quantitative estimate of drug-likeness (QED) is 0.844. The molecule has 1 rings (SSSR count). The van der Waals surface area contributed by atoms with E-state index in [0.717, 1.165) is 38.1 Å². The smallest absolute Gasteiger partial charge is 0.407 e. The van der Waals surface area contributed by atoms with Crippen molar-refractivity contribution in [2.75, 3.05) is 20.6 Å². The van der Waals surface area contributed by atoms with Gasteiger partial charge in [-0.2, -0.15) is 0 Å². The molecule has 0 aromatic heterocycles. The summed E-state index contributed by atoms with van der Waals surface area (Å²) in [7, 11) is 4.20. The maximum atomic E-state index is 11.4. The van der Waals surface area contributed by atoms with Crippen molar-refractivity contribution in [3.05, 3.63) is 0 Å². The molecule has 0 unspecified atom stereocenters. The van der Waals surface area contributed by atoms with E-state index in [1.807, 2.05) is 20.8 Å². The summed E-state index contributed by atoms with van der Waals surface area (Å²) in [6, 6.07) is 0.195. The van der Waals surface area contributed by atoms with Crippen LogP contribution in [0.15, 0.2) is 0 Å². The predicted molar refractivity (Wildman–Crippen MR) is 73.9 cm³/mol. The fourth-order valence-electron chi connectivity index (χ4n) is 3.09. The first kappa shape index (κ1) is 15.3. The number of carboxylic acid groups (broad SMARTS) is 1. The molecule has 1 aliphatic rings. The Kier molecular flexibility index (Phi) is 5.02. The summed E-state index contributed by atoms with van der Waals surface area (Å²) in [4.78, 5) is 15.3. The lowest BCUT2D eigenvalue weighted by molar-refractivity contribution is 0.0483. The SMILES string of the molecule is CN(C)C[C@H]1CC[C@H](N(C(=O)O)C(C)(C)C)CC1. The number of amides is 1. The van der Waals surface area contributed by atoms with Crippen molar-refractivity contribution in [2.45, 2.75) is 58.0 Å². The lowest BCUT2D eigenvalue weighted by Crippen LogP contribution is -2.52. The zero-order valence-corrected chi connectivity index (χ0v) is 12.4. The number of nitrogens with zero attached hydrogens (tertiary/aromatic N) is 2. The molecule has 0 aromatic rings. The molecule has 0 spiro atoms. The van der Waals surface area contributed by atoms with Gasteiger partial charge in [0.1, 0.15) is 0 Å². The van der Waals surface area contributed by atoms with Crippen molar-refractivity contribution in [3.8, 4) is 0 Å². The van der Waals surface area contributed by atoms with Crippen LogP contribution >= 0.6 is 0 Å². The van der Waals surface area contributed by atoms with Gasteiger partial charge < -0.3 is 14.9 Å². The van der Waals surface area contributed by atoms with E-state index in [1.54, 1.807) is 4.90 Å². The summed E-state index contributed by atoms with van der Waals surface area (Å²) in [5.41, 5.74) is -0.301. The predicted octanol–water partition coefficient (Wildman–Crippen LogP) is 2.89. The van der Waals surface area contributed by atoms with Gasteiger partial charge in [-0.1, -0.05) is 0 Å². The largest absolute Gasteiger partial charge is 0.465 e. The first-order valence-corrected chi connectivity index (χ1v) is 6.89. The molecule has 0 heterocycles. The Morgan fingerprint density at radius 1 is 1.17 bits per heavy atom. The number of hydrogen-bond donors (Lipinski definition) is 1. The van der Waals surface area contributed by atoms with Crippen molar-refractivity contribution in [2.24, 2.45) is 5.92 Å². The molecule has 1 fully saturated rings. The third-order valence-electron chi connectivity index (χ3n) is 3.73. The average Bonchev–Trinajstić information content (AvgIpc) is 2.17. The second kappa shape index (κ2) is 5.91. The van der Waals surface area contributed by atoms with E-state index < -0.39 is 6.09 Å². The van der Waals surface area contributed by atoms with E-state index in [2.05, 4.69) is 19.0 Å². The van der Waals surface area contributed by atoms with Gasteiger partial charge in [0.15, 0.2) is 0 Å². The van der Waals surface area contributed by atoms with Gasteiger partial charge in [-0.25, -0.2) is 4.79 Å². The number of hydrogen-bond acceptors (Lipinski definition) is 2. The minimum atomic E-state index is -0.779. The van der Waals surface area contributed by atoms with Gasteiger partial charge in [-0.05, 0) is 66.5 Å². The zero-order valence-electron chi connectivity index (χ0n) is 12.4. The van der Waals surface area contributed by atoms with Crippen LogP contribution in [0.1, 0.15) is 46.5 Å². The van der Waals surface area contributed by atoms with Crippen molar-refractivity contribution >= 4 is 6.09 Å². The summed E-state index contributed by atoms with van der Waals surface area (Å²) in [5, 5.41) is 9.39. The maximum Gasteiger partial charge on any atom is 0.407 e. The molecule has 1 aliphatic carbocycles. The lowest BCUT2D eigenvalue weighted by Gasteiger charge is -2.43. The summed E-state index contributed by atoms with van der Waals surface area (Å²) >= 11 is 0. The van der Waals surface area contributed by atoms with Crippen LogP contribution in [-0.2, 0) is 0 Å². The molecule has 1 N–H and O–H groups in total. The topological polar surface area (TPSA) is 43.8 Å². The minimum Gasteiger partial charge on any atom is -0.465 e. The fraction of sp³-hybridized carbons (Fsp3) is 0.929. The van der Waals surface area contributed by atoms with Crippen molar-refractivity contribution in [1.29, 1.82) is 0 Å². The van der Waals surface area contributed by atoms with Gasteiger partial charge in [-0.15, -0.1) is 0 Å². The van der Waals surface area contributed by atoms with Crippen molar-refractivity contribution < 1.29 is 9.90 Å². The highest BCUT2D eigenvalue weighted by Gasteiger charge is 2.35. The molecule has 0 saturated heterocycles. The molecule has 0 atom stereocenters. The molecule has 18 heavy (non-hydrogen) atoms.